The van der Waals surface area contributed by atoms with Gasteiger partial charge in [0.25, 0.3) is 0 Å². The van der Waals surface area contributed by atoms with Gasteiger partial charge < -0.3 is 10.1 Å². The number of hydrogen-bond acceptors (Lipinski definition) is 3. The van der Waals surface area contributed by atoms with E-state index in [9.17, 15) is 0 Å². The predicted octanol–water partition coefficient (Wildman–Crippen LogP) is 5.68. The molecule has 2 bridgehead atoms. The average Bonchev–Trinajstić information content (AvgIpc) is 3.23. The highest BCUT2D eigenvalue weighted by Crippen LogP contribution is 2.68. The molecule has 31 heavy (non-hydrogen) atoms. The normalized spacial score (nSPS) is 41.1. The summed E-state index contributed by atoms with van der Waals surface area (Å²) in [5, 5.41) is 6.17. The van der Waals surface area contributed by atoms with Crippen molar-refractivity contribution in [3.05, 3.63) is 65.5 Å². The smallest absolute Gasteiger partial charge is 0.0974 e. The Morgan fingerprint density at radius 2 is 2.03 bits per heavy atom. The molecule has 2 saturated heterocycles. The van der Waals surface area contributed by atoms with Crippen LogP contribution < -0.4 is 5.32 Å². The van der Waals surface area contributed by atoms with Crippen molar-refractivity contribution >= 4 is 10.8 Å². The molecule has 7 rings (SSSR count). The van der Waals surface area contributed by atoms with Gasteiger partial charge in [0.05, 0.1) is 11.2 Å². The van der Waals surface area contributed by atoms with Crippen LogP contribution in [0, 0.1) is 11.3 Å². The molecule has 5 atom stereocenters. The second-order valence-corrected chi connectivity index (χ2v) is 10.9. The Balaban J connectivity index is 1.31. The summed E-state index contributed by atoms with van der Waals surface area (Å²) in [6, 6.07) is 9.20. The molecule has 3 aliphatic heterocycles. The Labute approximate surface area is 185 Å². The van der Waals surface area contributed by atoms with E-state index >= 15 is 0 Å². The van der Waals surface area contributed by atoms with Crippen LogP contribution in [0.5, 0.6) is 0 Å². The lowest BCUT2D eigenvalue weighted by Crippen LogP contribution is -2.52. The van der Waals surface area contributed by atoms with Crippen molar-refractivity contribution in [1.82, 2.24) is 10.3 Å². The number of pyridine rings is 1. The van der Waals surface area contributed by atoms with Crippen molar-refractivity contribution in [2.45, 2.75) is 69.0 Å². The lowest BCUT2D eigenvalue weighted by molar-refractivity contribution is -0.128. The molecular formula is C28H32N2O. The molecule has 5 aliphatic rings. The molecule has 1 aromatic heterocycles. The van der Waals surface area contributed by atoms with Crippen LogP contribution in [0.4, 0.5) is 0 Å². The summed E-state index contributed by atoms with van der Waals surface area (Å²) in [5.41, 5.74) is 4.80. The Kier molecular flexibility index (Phi) is 3.78. The molecule has 4 heterocycles. The highest BCUT2D eigenvalue weighted by Gasteiger charge is 2.65. The first-order valence-corrected chi connectivity index (χ1v) is 12.3. The molecule has 0 amide bonds. The van der Waals surface area contributed by atoms with Gasteiger partial charge in [-0.3, -0.25) is 4.98 Å². The number of rotatable bonds is 1. The van der Waals surface area contributed by atoms with Crippen molar-refractivity contribution in [2.24, 2.45) is 11.3 Å². The number of hydrogen-bond donors (Lipinski definition) is 1. The fourth-order valence-electron chi connectivity index (χ4n) is 8.15. The van der Waals surface area contributed by atoms with Crippen LogP contribution in [0.2, 0.25) is 0 Å². The number of aromatic nitrogens is 1. The predicted molar refractivity (Wildman–Crippen MR) is 124 cm³/mol. The molecule has 0 unspecified atom stereocenters. The molecule has 2 spiro atoms. The van der Waals surface area contributed by atoms with Crippen molar-refractivity contribution < 1.29 is 4.74 Å². The highest BCUT2D eigenvalue weighted by molar-refractivity contribution is 5.82. The number of fused-ring (bicyclic) bond motifs is 2. The minimum Gasteiger partial charge on any atom is -0.359 e. The van der Waals surface area contributed by atoms with E-state index in [0.29, 0.717) is 11.8 Å². The molecule has 0 radical (unpaired) electrons. The van der Waals surface area contributed by atoms with Gasteiger partial charge in [-0.2, -0.15) is 0 Å². The van der Waals surface area contributed by atoms with E-state index in [2.05, 4.69) is 53.6 Å². The standard InChI is InChI=1S/C28H32N2O/c1-26-9-6-23-17-22-8-14-29-15-12-27(22)10-11-28(23,31-27)25(26)5-4-24(26)20-3-2-19-7-13-30-18-21(19)16-20/h2-3,6-7,13,16-18,24-25,29H,4-5,8-12,14-15H2,1H3/t24-,25-,26-,27-,28-/m1/s1. The second kappa shape index (κ2) is 6.30. The summed E-state index contributed by atoms with van der Waals surface area (Å²) < 4.78 is 7.31. The maximum absolute atomic E-state index is 7.31. The van der Waals surface area contributed by atoms with Gasteiger partial charge in [-0.15, -0.1) is 0 Å². The number of allylic oxidation sites excluding steroid dienone is 1. The molecule has 160 valence electrons. The largest absolute Gasteiger partial charge is 0.359 e. The summed E-state index contributed by atoms with van der Waals surface area (Å²) in [4.78, 5) is 4.37. The number of nitrogens with one attached hydrogen (secondary N) is 1. The summed E-state index contributed by atoms with van der Waals surface area (Å²) in [6.07, 6.45) is 17.5. The van der Waals surface area contributed by atoms with Crippen molar-refractivity contribution in [3.8, 4) is 0 Å². The Morgan fingerprint density at radius 1 is 1.06 bits per heavy atom. The zero-order valence-electron chi connectivity index (χ0n) is 18.5. The lowest BCUT2D eigenvalue weighted by atomic mass is 9.58. The van der Waals surface area contributed by atoms with Crippen LogP contribution in [0.15, 0.2) is 60.0 Å². The van der Waals surface area contributed by atoms with Gasteiger partial charge >= 0.3 is 0 Å². The number of benzene rings is 1. The van der Waals surface area contributed by atoms with Crippen LogP contribution in [-0.2, 0) is 4.74 Å². The van der Waals surface area contributed by atoms with Gasteiger partial charge in [-0.1, -0.05) is 31.2 Å². The van der Waals surface area contributed by atoms with Crippen LogP contribution >= 0.6 is 0 Å². The van der Waals surface area contributed by atoms with E-state index in [1.165, 1.54) is 54.0 Å². The topological polar surface area (TPSA) is 34.1 Å². The van der Waals surface area contributed by atoms with E-state index in [-0.39, 0.29) is 16.6 Å². The molecule has 3 nitrogen and oxygen atoms in total. The summed E-state index contributed by atoms with van der Waals surface area (Å²) in [6.45, 7) is 4.74. The quantitative estimate of drug-likeness (QED) is 0.655. The van der Waals surface area contributed by atoms with Crippen molar-refractivity contribution in [2.75, 3.05) is 13.1 Å². The molecule has 2 aliphatic carbocycles. The summed E-state index contributed by atoms with van der Waals surface area (Å²) in [5.74, 6) is 1.21. The van der Waals surface area contributed by atoms with E-state index in [1.54, 1.807) is 5.57 Å². The molecule has 1 saturated carbocycles. The van der Waals surface area contributed by atoms with Crippen LogP contribution in [-0.4, -0.2) is 29.3 Å². The van der Waals surface area contributed by atoms with Gasteiger partial charge in [0, 0.05) is 17.8 Å². The maximum atomic E-state index is 7.31. The minimum absolute atomic E-state index is 0.00575. The molecular weight excluding hydrogens is 380 g/mol. The zero-order valence-corrected chi connectivity index (χ0v) is 18.5. The van der Waals surface area contributed by atoms with Gasteiger partial charge in [0.2, 0.25) is 0 Å². The van der Waals surface area contributed by atoms with Gasteiger partial charge in [-0.05, 0) is 110 Å². The fraction of sp³-hybridized carbons (Fsp3) is 0.536. The average molecular weight is 413 g/mol. The van der Waals surface area contributed by atoms with Crippen molar-refractivity contribution in [1.29, 1.82) is 0 Å². The Morgan fingerprint density at radius 3 is 3.00 bits per heavy atom. The highest BCUT2D eigenvalue weighted by atomic mass is 16.5. The summed E-state index contributed by atoms with van der Waals surface area (Å²) >= 11 is 0. The Hall–Kier alpha value is -1.97. The molecule has 3 fully saturated rings. The lowest BCUT2D eigenvalue weighted by Gasteiger charge is -2.53. The van der Waals surface area contributed by atoms with Gasteiger partial charge in [0.15, 0.2) is 0 Å². The minimum atomic E-state index is -0.0476. The van der Waals surface area contributed by atoms with Crippen molar-refractivity contribution in [3.63, 3.8) is 0 Å². The van der Waals surface area contributed by atoms with E-state index in [1.807, 2.05) is 12.4 Å². The first-order valence-electron chi connectivity index (χ1n) is 12.3. The maximum Gasteiger partial charge on any atom is 0.0974 e. The SMILES string of the molecule is C[C@]12CC=C3C=C4CCNCC[C@]45CC[C@]3(O5)[C@@H]1CC[C@@H]2c1ccc2ccncc2c1. The van der Waals surface area contributed by atoms with Crippen LogP contribution in [0.1, 0.15) is 63.4 Å². The number of ether oxygens (including phenoxy) is 1. The Bertz CT molecular complexity index is 1130. The second-order valence-electron chi connectivity index (χ2n) is 10.9. The first kappa shape index (κ1) is 18.6. The molecule has 2 aromatic rings. The molecule has 1 N–H and O–H groups in total. The van der Waals surface area contributed by atoms with Crippen LogP contribution in [0.25, 0.3) is 10.8 Å². The fourth-order valence-corrected chi connectivity index (χ4v) is 8.15. The van der Waals surface area contributed by atoms with Gasteiger partial charge in [-0.25, -0.2) is 0 Å². The zero-order chi connectivity index (χ0) is 20.7. The van der Waals surface area contributed by atoms with Gasteiger partial charge in [0.1, 0.15) is 0 Å². The number of nitrogens with zero attached hydrogens (tertiary/aromatic N) is 1. The first-order chi connectivity index (χ1) is 15.1. The summed E-state index contributed by atoms with van der Waals surface area (Å²) in [7, 11) is 0. The molecule has 3 heteroatoms. The van der Waals surface area contributed by atoms with E-state index < -0.39 is 0 Å². The van der Waals surface area contributed by atoms with E-state index in [0.717, 1.165) is 25.9 Å². The van der Waals surface area contributed by atoms with E-state index in [4.69, 9.17) is 4.74 Å². The van der Waals surface area contributed by atoms with Crippen LogP contribution in [0.3, 0.4) is 0 Å². The molecule has 1 aromatic carbocycles. The third kappa shape index (κ3) is 2.40. The third-order valence-electron chi connectivity index (χ3n) is 9.69. The monoisotopic (exact) mass is 412 g/mol. The third-order valence-corrected chi connectivity index (χ3v) is 9.69.